The van der Waals surface area contributed by atoms with Crippen molar-refractivity contribution in [1.29, 1.82) is 5.26 Å². The van der Waals surface area contributed by atoms with Gasteiger partial charge in [0.15, 0.2) is 0 Å². The van der Waals surface area contributed by atoms with Gasteiger partial charge in [0, 0.05) is 19.1 Å². The molecule has 25 heavy (non-hydrogen) atoms. The molecule has 0 aromatic carbocycles. The lowest BCUT2D eigenvalue weighted by Gasteiger charge is -2.33. The number of amides is 2. The van der Waals surface area contributed by atoms with Crippen LogP contribution in [0.1, 0.15) is 53.4 Å². The maximum atomic E-state index is 12.2. The van der Waals surface area contributed by atoms with E-state index in [1.807, 2.05) is 20.8 Å². The molecule has 1 atom stereocenters. The summed E-state index contributed by atoms with van der Waals surface area (Å²) < 4.78 is 5.27. The summed E-state index contributed by atoms with van der Waals surface area (Å²) in [7, 11) is 0. The molecular formula is C18H30N4O3. The number of piperidine rings is 1. The highest BCUT2D eigenvalue weighted by Crippen LogP contribution is 2.39. The van der Waals surface area contributed by atoms with E-state index >= 15 is 0 Å². The highest BCUT2D eigenvalue weighted by atomic mass is 16.6. The Balaban J connectivity index is 1.70. The normalized spacial score (nSPS) is 21.7. The van der Waals surface area contributed by atoms with Crippen LogP contribution in [0.15, 0.2) is 0 Å². The lowest BCUT2D eigenvalue weighted by molar-refractivity contribution is -0.124. The van der Waals surface area contributed by atoms with Crippen molar-refractivity contribution in [2.24, 2.45) is 5.92 Å². The molecule has 140 valence electrons. The molecule has 2 N–H and O–H groups in total. The second-order valence-corrected chi connectivity index (χ2v) is 8.33. The largest absolute Gasteiger partial charge is 0.444 e. The molecule has 0 aromatic rings. The number of alkyl carbamates (subject to hydrolysis) is 1. The first-order valence-corrected chi connectivity index (χ1v) is 9.05. The molecule has 1 saturated heterocycles. The van der Waals surface area contributed by atoms with E-state index in [2.05, 4.69) is 21.6 Å². The van der Waals surface area contributed by atoms with Gasteiger partial charge in [0.05, 0.1) is 12.6 Å². The number of hydrogen-bond donors (Lipinski definition) is 2. The first-order valence-electron chi connectivity index (χ1n) is 9.05. The summed E-state index contributed by atoms with van der Waals surface area (Å²) in [5.41, 5.74) is -1.24. The summed E-state index contributed by atoms with van der Waals surface area (Å²) in [6.07, 6.45) is 3.19. The first-order chi connectivity index (χ1) is 11.6. The van der Waals surface area contributed by atoms with Gasteiger partial charge in [-0.2, -0.15) is 5.26 Å². The van der Waals surface area contributed by atoms with Crippen molar-refractivity contribution < 1.29 is 14.3 Å². The fraction of sp³-hybridized carbons (Fsp3) is 0.833. The van der Waals surface area contributed by atoms with E-state index in [0.29, 0.717) is 6.54 Å². The van der Waals surface area contributed by atoms with Gasteiger partial charge < -0.3 is 15.4 Å². The van der Waals surface area contributed by atoms with Gasteiger partial charge in [-0.05, 0) is 59.3 Å². The van der Waals surface area contributed by atoms with Crippen molar-refractivity contribution in [3.63, 3.8) is 0 Å². The van der Waals surface area contributed by atoms with Gasteiger partial charge in [-0.25, -0.2) is 4.79 Å². The summed E-state index contributed by atoms with van der Waals surface area (Å²) in [5.74, 6) is 0.180. The van der Waals surface area contributed by atoms with Crippen molar-refractivity contribution in [3.05, 3.63) is 0 Å². The number of nitriles is 1. The fourth-order valence-electron chi connectivity index (χ4n) is 3.12. The Morgan fingerprint density at radius 1 is 1.16 bits per heavy atom. The predicted octanol–water partition coefficient (Wildman–Crippen LogP) is 1.78. The van der Waals surface area contributed by atoms with Crippen LogP contribution in [0.25, 0.3) is 0 Å². The molecule has 1 aliphatic heterocycles. The van der Waals surface area contributed by atoms with E-state index in [0.717, 1.165) is 38.8 Å². The maximum Gasteiger partial charge on any atom is 0.407 e. The van der Waals surface area contributed by atoms with Gasteiger partial charge in [0.25, 0.3) is 0 Å². The second kappa shape index (κ2) is 7.61. The van der Waals surface area contributed by atoms with Crippen molar-refractivity contribution in [3.8, 4) is 6.07 Å². The highest BCUT2D eigenvalue weighted by molar-refractivity contribution is 5.79. The number of hydrogen-bond acceptors (Lipinski definition) is 5. The topological polar surface area (TPSA) is 94.5 Å². The lowest BCUT2D eigenvalue weighted by Crippen LogP contribution is -2.52. The zero-order valence-electron chi connectivity index (χ0n) is 15.7. The highest BCUT2D eigenvalue weighted by Gasteiger charge is 2.43. The average molecular weight is 350 g/mol. The van der Waals surface area contributed by atoms with Crippen LogP contribution in [0.3, 0.4) is 0 Å². The van der Waals surface area contributed by atoms with Crippen molar-refractivity contribution in [1.82, 2.24) is 15.5 Å². The number of nitrogens with zero attached hydrogens (tertiary/aromatic N) is 2. The second-order valence-electron chi connectivity index (χ2n) is 8.33. The van der Waals surface area contributed by atoms with Gasteiger partial charge >= 0.3 is 6.09 Å². The molecule has 7 heteroatoms. The van der Waals surface area contributed by atoms with Crippen molar-refractivity contribution >= 4 is 12.0 Å². The smallest absolute Gasteiger partial charge is 0.407 e. The van der Waals surface area contributed by atoms with Crippen LogP contribution in [0, 0.1) is 17.2 Å². The lowest BCUT2D eigenvalue weighted by atomic mass is 9.98. The van der Waals surface area contributed by atoms with Crippen LogP contribution in [-0.2, 0) is 9.53 Å². The molecular weight excluding hydrogens is 320 g/mol. The molecule has 7 nitrogen and oxygen atoms in total. The van der Waals surface area contributed by atoms with E-state index in [1.165, 1.54) is 0 Å². The summed E-state index contributed by atoms with van der Waals surface area (Å²) in [5, 5.41) is 15.1. The van der Waals surface area contributed by atoms with Crippen LogP contribution >= 0.6 is 0 Å². The molecule has 0 radical (unpaired) electrons. The minimum absolute atomic E-state index is 0.0741. The fourth-order valence-corrected chi connectivity index (χ4v) is 3.12. The van der Waals surface area contributed by atoms with Gasteiger partial charge in [0.1, 0.15) is 11.1 Å². The van der Waals surface area contributed by atoms with Gasteiger partial charge in [0.2, 0.25) is 5.91 Å². The van der Waals surface area contributed by atoms with E-state index in [9.17, 15) is 14.9 Å². The van der Waals surface area contributed by atoms with Gasteiger partial charge in [-0.3, -0.25) is 9.69 Å². The Morgan fingerprint density at radius 2 is 1.76 bits per heavy atom. The Labute approximate surface area is 150 Å². The Kier molecular flexibility index (Phi) is 5.94. The third-order valence-corrected chi connectivity index (χ3v) is 4.70. The molecule has 0 bridgehead atoms. The third-order valence-electron chi connectivity index (χ3n) is 4.70. The Bertz CT molecular complexity index is 540. The molecule has 0 aromatic heterocycles. The zero-order valence-corrected chi connectivity index (χ0v) is 15.7. The van der Waals surface area contributed by atoms with Crippen LogP contribution < -0.4 is 10.6 Å². The molecule has 2 amide bonds. The third kappa shape index (κ3) is 6.20. The van der Waals surface area contributed by atoms with Crippen molar-refractivity contribution in [2.45, 2.75) is 70.6 Å². The number of likely N-dealkylation sites (tertiary alicyclic amines) is 1. The average Bonchev–Trinajstić information content (AvgIpc) is 3.32. The standard InChI is InChI=1S/C18H30N4O3/c1-17(2,3)25-16(24)20-14-7-9-22(10-8-14)11-15(23)21-18(4,12-19)13-5-6-13/h13-14H,5-11H2,1-4H3,(H,20,24)(H,21,23). The predicted molar refractivity (Wildman–Crippen MR) is 93.7 cm³/mol. The van der Waals surface area contributed by atoms with Crippen LogP contribution in [0.5, 0.6) is 0 Å². The Morgan fingerprint density at radius 3 is 2.24 bits per heavy atom. The van der Waals surface area contributed by atoms with Crippen molar-refractivity contribution in [2.75, 3.05) is 19.6 Å². The number of rotatable bonds is 5. The molecule has 2 aliphatic rings. The monoisotopic (exact) mass is 350 g/mol. The summed E-state index contributed by atoms with van der Waals surface area (Å²) >= 11 is 0. The van der Waals surface area contributed by atoms with Gasteiger partial charge in [-0.1, -0.05) is 0 Å². The van der Waals surface area contributed by atoms with Crippen LogP contribution in [0.4, 0.5) is 4.79 Å². The molecule has 1 aliphatic carbocycles. The van der Waals surface area contributed by atoms with E-state index in [-0.39, 0.29) is 17.9 Å². The minimum atomic E-state index is -0.742. The molecule has 0 spiro atoms. The number of carbonyl (C=O) groups excluding carboxylic acids is 2. The van der Waals surface area contributed by atoms with Crippen LogP contribution in [-0.4, -0.2) is 53.7 Å². The maximum absolute atomic E-state index is 12.2. The van der Waals surface area contributed by atoms with Gasteiger partial charge in [-0.15, -0.1) is 0 Å². The molecule has 1 heterocycles. The molecule has 1 saturated carbocycles. The van der Waals surface area contributed by atoms with E-state index in [1.54, 1.807) is 6.92 Å². The number of carbonyl (C=O) groups is 2. The van der Waals surface area contributed by atoms with E-state index in [4.69, 9.17) is 4.74 Å². The number of ether oxygens (including phenoxy) is 1. The number of nitrogens with one attached hydrogen (secondary N) is 2. The summed E-state index contributed by atoms with van der Waals surface area (Å²) in [4.78, 5) is 26.1. The molecule has 2 rings (SSSR count). The minimum Gasteiger partial charge on any atom is -0.444 e. The molecule has 2 fully saturated rings. The Hall–Kier alpha value is -1.81. The molecule has 1 unspecified atom stereocenters. The van der Waals surface area contributed by atoms with E-state index < -0.39 is 17.2 Å². The summed E-state index contributed by atoms with van der Waals surface area (Å²) in [6, 6.07) is 2.32. The first kappa shape index (κ1) is 19.5. The zero-order chi connectivity index (χ0) is 18.7. The SMILES string of the molecule is CC(C)(C)OC(=O)NC1CCN(CC(=O)NC(C)(C#N)C2CC2)CC1. The summed E-state index contributed by atoms with van der Waals surface area (Å²) in [6.45, 7) is 9.09. The van der Waals surface area contributed by atoms with Crippen LogP contribution in [0.2, 0.25) is 0 Å². The quantitative estimate of drug-likeness (QED) is 0.788.